The Morgan fingerprint density at radius 1 is 0.900 bits per heavy atom. The van der Waals surface area contributed by atoms with Crippen LogP contribution in [0.3, 0.4) is 0 Å². The number of aliphatic carboxylic acids is 1. The van der Waals surface area contributed by atoms with Gasteiger partial charge >= 0.3 is 5.97 Å². The molecule has 0 bridgehead atoms. The summed E-state index contributed by atoms with van der Waals surface area (Å²) in [5.41, 5.74) is 8.56. The predicted molar refractivity (Wildman–Crippen MR) is 153 cm³/mol. The number of rotatable bonds is 10. The summed E-state index contributed by atoms with van der Waals surface area (Å²) < 4.78 is 26.5. The molecule has 10 nitrogen and oxygen atoms in total. The van der Waals surface area contributed by atoms with Gasteiger partial charge in [-0.25, -0.2) is 13.4 Å². The van der Waals surface area contributed by atoms with Crippen LogP contribution in [0.2, 0.25) is 0 Å². The Bertz CT molecular complexity index is 1610. The monoisotopic (exact) mass is 557 g/mol. The molecule has 1 unspecified atom stereocenters. The highest BCUT2D eigenvalue weighted by molar-refractivity contribution is 7.91. The molecule has 0 aliphatic carbocycles. The Labute approximate surface area is 231 Å². The summed E-state index contributed by atoms with van der Waals surface area (Å²) in [6, 6.07) is 25.0. The smallest absolute Gasteiger partial charge is 0.305 e. The summed E-state index contributed by atoms with van der Waals surface area (Å²) >= 11 is 0. The Hall–Kier alpha value is -5.03. The van der Waals surface area contributed by atoms with Gasteiger partial charge in [-0.15, -0.1) is 0 Å². The third-order valence-corrected chi connectivity index (χ3v) is 8.02. The molecule has 4 aromatic rings. The molecule has 40 heavy (non-hydrogen) atoms. The number of benzene rings is 3. The summed E-state index contributed by atoms with van der Waals surface area (Å²) in [5, 5.41) is 13.7. The fraction of sp³-hybridized carbons (Fsp3) is 0.103. The van der Waals surface area contributed by atoms with Crippen molar-refractivity contribution in [2.45, 2.75) is 23.1 Å². The van der Waals surface area contributed by atoms with Gasteiger partial charge in [0.15, 0.2) is 15.8 Å². The molecule has 3 aromatic carbocycles. The van der Waals surface area contributed by atoms with Crippen LogP contribution in [-0.4, -0.2) is 36.3 Å². The number of guanidine groups is 1. The van der Waals surface area contributed by atoms with E-state index in [1.54, 1.807) is 30.3 Å². The second-order valence-electron chi connectivity index (χ2n) is 8.79. The van der Waals surface area contributed by atoms with E-state index in [1.165, 1.54) is 42.7 Å². The number of carbonyl (C=O) groups excluding carboxylic acids is 1. The van der Waals surface area contributed by atoms with Gasteiger partial charge < -0.3 is 21.5 Å². The van der Waals surface area contributed by atoms with Gasteiger partial charge in [0.2, 0.25) is 0 Å². The van der Waals surface area contributed by atoms with Crippen LogP contribution in [0.25, 0.3) is 0 Å². The number of carbonyl (C=O) groups is 2. The number of nitrogens with two attached hydrogens (primary N) is 1. The fourth-order valence-corrected chi connectivity index (χ4v) is 5.62. The number of anilines is 2. The van der Waals surface area contributed by atoms with Crippen molar-refractivity contribution in [2.75, 3.05) is 10.6 Å². The highest BCUT2D eigenvalue weighted by Gasteiger charge is 2.31. The fourth-order valence-electron chi connectivity index (χ4n) is 3.91. The number of aliphatic imine (C=N–C) groups is 1. The van der Waals surface area contributed by atoms with Crippen molar-refractivity contribution in [3.63, 3.8) is 0 Å². The summed E-state index contributed by atoms with van der Waals surface area (Å²) in [7, 11) is -4.05. The molecule has 0 radical (unpaired) electrons. The number of aromatic nitrogens is 1. The molecule has 1 atom stereocenters. The van der Waals surface area contributed by atoms with Crippen molar-refractivity contribution >= 4 is 39.0 Å². The second-order valence-corrected chi connectivity index (χ2v) is 10.9. The third-order valence-electron chi connectivity index (χ3n) is 5.90. The van der Waals surface area contributed by atoms with Gasteiger partial charge in [0.1, 0.15) is 5.25 Å². The van der Waals surface area contributed by atoms with Gasteiger partial charge in [0.25, 0.3) is 5.91 Å². The molecule has 0 spiro atoms. The Kier molecular flexibility index (Phi) is 8.87. The largest absolute Gasteiger partial charge is 0.481 e. The van der Waals surface area contributed by atoms with E-state index < -0.39 is 33.4 Å². The number of nitrogens with zero attached hydrogens (tertiary/aromatic N) is 2. The average Bonchev–Trinajstić information content (AvgIpc) is 2.96. The molecule has 0 saturated carbocycles. The number of sulfone groups is 1. The summed E-state index contributed by atoms with van der Waals surface area (Å²) in [6.07, 6.45) is 2.20. The molecule has 1 heterocycles. The van der Waals surface area contributed by atoms with E-state index in [0.29, 0.717) is 23.5 Å². The first-order chi connectivity index (χ1) is 19.2. The maximum Gasteiger partial charge on any atom is 0.305 e. The summed E-state index contributed by atoms with van der Waals surface area (Å²) in [4.78, 5) is 32.4. The van der Waals surface area contributed by atoms with E-state index in [4.69, 9.17) is 5.73 Å². The Morgan fingerprint density at radius 3 is 2.33 bits per heavy atom. The molecule has 0 fully saturated rings. The van der Waals surface area contributed by atoms with E-state index in [1.807, 2.05) is 30.3 Å². The number of pyridine rings is 1. The summed E-state index contributed by atoms with van der Waals surface area (Å²) in [5.74, 6) is -1.47. The highest BCUT2D eigenvalue weighted by atomic mass is 32.2. The number of carboxylic acid groups (broad SMARTS) is 1. The van der Waals surface area contributed by atoms with Gasteiger partial charge in [0, 0.05) is 29.3 Å². The third kappa shape index (κ3) is 7.29. The van der Waals surface area contributed by atoms with E-state index in [0.717, 1.165) is 5.56 Å². The van der Waals surface area contributed by atoms with Crippen molar-refractivity contribution in [1.82, 2.24) is 4.98 Å². The van der Waals surface area contributed by atoms with Crippen LogP contribution in [0, 0.1) is 0 Å². The normalized spacial score (nSPS) is 12.3. The Balaban J connectivity index is 1.44. The van der Waals surface area contributed by atoms with Gasteiger partial charge in [-0.05, 0) is 59.7 Å². The van der Waals surface area contributed by atoms with Gasteiger partial charge in [-0.3, -0.25) is 14.6 Å². The minimum Gasteiger partial charge on any atom is -0.481 e. The minimum absolute atomic E-state index is 0.0722. The first kappa shape index (κ1) is 28.0. The SMILES string of the molecule is NC(=NCc1ccccc1)Nc1cccc(C(=O)Nc2ccc(S(=O)(=O)C(CC(=O)O)c3cccnc3)cc2)c1. The molecule has 1 amide bonds. The molecule has 0 aliphatic rings. The standard InChI is InChI=1S/C29H27N5O5S/c30-29(32-18-20-6-2-1-3-7-20)34-24-10-4-8-21(16-24)28(37)33-23-11-13-25(14-12-23)40(38,39)26(17-27(35)36)22-9-5-15-31-19-22/h1-16,19,26H,17-18H2,(H,33,37)(H,35,36)(H3,30,32,34). The van der Waals surface area contributed by atoms with Crippen LogP contribution in [0.5, 0.6) is 0 Å². The topological polar surface area (TPSA) is 164 Å². The number of nitrogens with one attached hydrogen (secondary N) is 2. The molecule has 204 valence electrons. The van der Waals surface area contributed by atoms with Crippen LogP contribution in [0.1, 0.15) is 33.2 Å². The number of amides is 1. The zero-order chi connectivity index (χ0) is 28.5. The number of hydrogen-bond donors (Lipinski definition) is 4. The van der Waals surface area contributed by atoms with Gasteiger partial charge in [0.05, 0.1) is 17.9 Å². The number of carboxylic acids is 1. The lowest BCUT2D eigenvalue weighted by Gasteiger charge is -2.16. The van der Waals surface area contributed by atoms with E-state index in [-0.39, 0.29) is 16.4 Å². The molecule has 5 N–H and O–H groups in total. The average molecular weight is 558 g/mol. The van der Waals surface area contributed by atoms with Crippen LogP contribution < -0.4 is 16.4 Å². The van der Waals surface area contributed by atoms with E-state index in [2.05, 4.69) is 20.6 Å². The predicted octanol–water partition coefficient (Wildman–Crippen LogP) is 4.25. The van der Waals surface area contributed by atoms with Crippen LogP contribution >= 0.6 is 0 Å². The zero-order valence-electron chi connectivity index (χ0n) is 21.3. The quantitative estimate of drug-likeness (QED) is 0.166. The lowest BCUT2D eigenvalue weighted by molar-refractivity contribution is -0.137. The maximum absolute atomic E-state index is 13.3. The van der Waals surface area contributed by atoms with E-state index >= 15 is 0 Å². The van der Waals surface area contributed by atoms with Gasteiger partial charge in [-0.1, -0.05) is 42.5 Å². The van der Waals surface area contributed by atoms with Crippen molar-refractivity contribution in [3.05, 3.63) is 120 Å². The first-order valence-electron chi connectivity index (χ1n) is 12.2. The van der Waals surface area contributed by atoms with Crippen LogP contribution in [0.15, 0.2) is 113 Å². The number of hydrogen-bond acceptors (Lipinski definition) is 6. The lowest BCUT2D eigenvalue weighted by atomic mass is 10.1. The molecule has 1 aromatic heterocycles. The van der Waals surface area contributed by atoms with Gasteiger partial charge in [-0.2, -0.15) is 0 Å². The molecule has 0 aliphatic heterocycles. The minimum atomic E-state index is -4.05. The first-order valence-corrected chi connectivity index (χ1v) is 13.7. The molecule has 0 saturated heterocycles. The lowest BCUT2D eigenvalue weighted by Crippen LogP contribution is -2.23. The highest BCUT2D eigenvalue weighted by Crippen LogP contribution is 2.32. The maximum atomic E-state index is 13.3. The second kappa shape index (κ2) is 12.7. The van der Waals surface area contributed by atoms with Crippen molar-refractivity contribution < 1.29 is 23.1 Å². The summed E-state index contributed by atoms with van der Waals surface area (Å²) in [6.45, 7) is 0.408. The van der Waals surface area contributed by atoms with Crippen LogP contribution in [-0.2, 0) is 21.2 Å². The molecular weight excluding hydrogens is 530 g/mol. The van der Waals surface area contributed by atoms with E-state index in [9.17, 15) is 23.1 Å². The van der Waals surface area contributed by atoms with Crippen LogP contribution in [0.4, 0.5) is 11.4 Å². The Morgan fingerprint density at radius 2 is 1.65 bits per heavy atom. The zero-order valence-corrected chi connectivity index (χ0v) is 22.1. The van der Waals surface area contributed by atoms with Crippen molar-refractivity contribution in [3.8, 4) is 0 Å². The molecular formula is C29H27N5O5S. The molecule has 4 rings (SSSR count). The molecule has 11 heteroatoms. The van der Waals surface area contributed by atoms with Crippen molar-refractivity contribution in [1.29, 1.82) is 0 Å². The van der Waals surface area contributed by atoms with Crippen molar-refractivity contribution in [2.24, 2.45) is 10.7 Å².